The lowest BCUT2D eigenvalue weighted by Crippen LogP contribution is -1.98. The predicted octanol–water partition coefficient (Wildman–Crippen LogP) is 0.975. The Bertz CT molecular complexity index is 516. The summed E-state index contributed by atoms with van der Waals surface area (Å²) in [6, 6.07) is 1.55. The summed E-state index contributed by atoms with van der Waals surface area (Å²) in [5, 5.41) is 13.6. The van der Waals surface area contributed by atoms with Gasteiger partial charge in [-0.2, -0.15) is 5.10 Å². The second-order valence-corrected chi connectivity index (χ2v) is 3.16. The summed E-state index contributed by atoms with van der Waals surface area (Å²) in [6.45, 7) is 1.75. The van der Waals surface area contributed by atoms with Crippen molar-refractivity contribution in [2.24, 2.45) is 7.05 Å². The molecule has 0 fully saturated rings. The van der Waals surface area contributed by atoms with Crippen molar-refractivity contribution < 1.29 is 9.90 Å². The standard InChI is InChI=1S/C9H9N3O2/c1-5-3-6(9(13)14)7-4-12(2)11-8(7)10-5/h3-4H,1-2H3,(H,13,14). The molecule has 0 aliphatic rings. The van der Waals surface area contributed by atoms with Crippen molar-refractivity contribution in [3.8, 4) is 0 Å². The molecule has 2 rings (SSSR count). The van der Waals surface area contributed by atoms with Crippen molar-refractivity contribution in [3.05, 3.63) is 23.5 Å². The Hall–Kier alpha value is -1.91. The van der Waals surface area contributed by atoms with Gasteiger partial charge >= 0.3 is 5.97 Å². The molecular formula is C9H9N3O2. The number of pyridine rings is 1. The first kappa shape index (κ1) is 8.68. The molecule has 0 bridgehead atoms. The van der Waals surface area contributed by atoms with Crippen LogP contribution in [0, 0.1) is 6.92 Å². The van der Waals surface area contributed by atoms with Crippen LogP contribution in [0.15, 0.2) is 12.3 Å². The van der Waals surface area contributed by atoms with Crippen LogP contribution in [-0.2, 0) is 7.05 Å². The largest absolute Gasteiger partial charge is 0.478 e. The van der Waals surface area contributed by atoms with Crippen LogP contribution in [0.1, 0.15) is 16.1 Å². The minimum Gasteiger partial charge on any atom is -0.478 e. The Morgan fingerprint density at radius 1 is 1.57 bits per heavy atom. The molecule has 0 aliphatic carbocycles. The number of aromatic nitrogens is 3. The van der Waals surface area contributed by atoms with Gasteiger partial charge in [-0.25, -0.2) is 9.78 Å². The fraction of sp³-hybridized carbons (Fsp3) is 0.222. The van der Waals surface area contributed by atoms with Crippen LogP contribution in [0.5, 0.6) is 0 Å². The lowest BCUT2D eigenvalue weighted by molar-refractivity contribution is 0.0699. The van der Waals surface area contributed by atoms with Crippen molar-refractivity contribution in [1.29, 1.82) is 0 Å². The first-order valence-corrected chi connectivity index (χ1v) is 4.12. The van der Waals surface area contributed by atoms with Gasteiger partial charge in [0.25, 0.3) is 0 Å². The molecule has 0 saturated carbocycles. The second kappa shape index (κ2) is 2.80. The molecule has 5 heteroatoms. The van der Waals surface area contributed by atoms with Crippen LogP contribution in [0.25, 0.3) is 11.0 Å². The molecule has 72 valence electrons. The molecule has 2 aromatic rings. The summed E-state index contributed by atoms with van der Waals surface area (Å²) < 4.78 is 1.56. The van der Waals surface area contributed by atoms with Crippen molar-refractivity contribution in [2.75, 3.05) is 0 Å². The minimum absolute atomic E-state index is 0.251. The van der Waals surface area contributed by atoms with Gasteiger partial charge < -0.3 is 5.11 Å². The van der Waals surface area contributed by atoms with Gasteiger partial charge in [0.2, 0.25) is 0 Å². The summed E-state index contributed by atoms with van der Waals surface area (Å²) >= 11 is 0. The summed E-state index contributed by atoms with van der Waals surface area (Å²) in [5.41, 5.74) is 1.39. The van der Waals surface area contributed by atoms with Crippen LogP contribution in [-0.4, -0.2) is 25.8 Å². The van der Waals surface area contributed by atoms with E-state index in [0.29, 0.717) is 16.7 Å². The molecule has 0 aliphatic heterocycles. The molecule has 14 heavy (non-hydrogen) atoms. The molecule has 1 N–H and O–H groups in total. The number of carboxylic acid groups (broad SMARTS) is 1. The SMILES string of the molecule is Cc1cc(C(=O)O)c2cn(C)nc2n1. The summed E-state index contributed by atoms with van der Waals surface area (Å²) in [6.07, 6.45) is 1.66. The summed E-state index contributed by atoms with van der Waals surface area (Å²) in [4.78, 5) is 15.1. The molecule has 5 nitrogen and oxygen atoms in total. The predicted molar refractivity (Wildman–Crippen MR) is 50.2 cm³/mol. The number of nitrogens with zero attached hydrogens (tertiary/aromatic N) is 3. The zero-order valence-electron chi connectivity index (χ0n) is 7.85. The average Bonchev–Trinajstić information content (AvgIpc) is 2.42. The molecule has 0 aromatic carbocycles. The lowest BCUT2D eigenvalue weighted by Gasteiger charge is -1.96. The molecule has 2 aromatic heterocycles. The van der Waals surface area contributed by atoms with Crippen LogP contribution in [0.4, 0.5) is 0 Å². The van der Waals surface area contributed by atoms with Gasteiger partial charge in [0.15, 0.2) is 5.65 Å². The van der Waals surface area contributed by atoms with E-state index in [9.17, 15) is 4.79 Å². The zero-order valence-corrected chi connectivity index (χ0v) is 7.85. The molecular weight excluding hydrogens is 182 g/mol. The van der Waals surface area contributed by atoms with E-state index >= 15 is 0 Å². The third-order valence-electron chi connectivity index (χ3n) is 1.97. The first-order chi connectivity index (χ1) is 6.58. The second-order valence-electron chi connectivity index (χ2n) is 3.16. The maximum Gasteiger partial charge on any atom is 0.336 e. The van der Waals surface area contributed by atoms with Gasteiger partial charge in [0.05, 0.1) is 10.9 Å². The Kier molecular flexibility index (Phi) is 1.73. The molecule has 0 unspecified atom stereocenters. The van der Waals surface area contributed by atoms with E-state index in [2.05, 4.69) is 10.1 Å². The van der Waals surface area contributed by atoms with Crippen LogP contribution in [0.2, 0.25) is 0 Å². The van der Waals surface area contributed by atoms with Crippen molar-refractivity contribution in [3.63, 3.8) is 0 Å². The number of hydrogen-bond acceptors (Lipinski definition) is 3. The molecule has 0 saturated heterocycles. The Balaban J connectivity index is 2.85. The van der Waals surface area contributed by atoms with E-state index in [1.165, 1.54) is 0 Å². The van der Waals surface area contributed by atoms with Crippen molar-refractivity contribution >= 4 is 17.0 Å². The smallest absolute Gasteiger partial charge is 0.336 e. The quantitative estimate of drug-likeness (QED) is 0.729. The number of carbonyl (C=O) groups is 1. The Labute approximate surface area is 80.0 Å². The fourth-order valence-electron chi connectivity index (χ4n) is 1.41. The van der Waals surface area contributed by atoms with Gasteiger partial charge in [0, 0.05) is 18.9 Å². The summed E-state index contributed by atoms with van der Waals surface area (Å²) in [5.74, 6) is -0.950. The van der Waals surface area contributed by atoms with Crippen LogP contribution >= 0.6 is 0 Å². The molecule has 0 radical (unpaired) electrons. The van der Waals surface area contributed by atoms with Crippen LogP contribution in [0.3, 0.4) is 0 Å². The van der Waals surface area contributed by atoms with E-state index in [1.54, 1.807) is 30.9 Å². The summed E-state index contributed by atoms with van der Waals surface area (Å²) in [7, 11) is 1.74. The third kappa shape index (κ3) is 1.22. The van der Waals surface area contributed by atoms with E-state index in [-0.39, 0.29) is 5.56 Å². The number of rotatable bonds is 1. The van der Waals surface area contributed by atoms with E-state index < -0.39 is 5.97 Å². The van der Waals surface area contributed by atoms with Gasteiger partial charge in [-0.3, -0.25) is 4.68 Å². The Morgan fingerprint density at radius 3 is 2.93 bits per heavy atom. The highest BCUT2D eigenvalue weighted by Crippen LogP contribution is 2.16. The number of aryl methyl sites for hydroxylation is 2. The highest BCUT2D eigenvalue weighted by Gasteiger charge is 2.12. The monoisotopic (exact) mass is 191 g/mol. The fourth-order valence-corrected chi connectivity index (χ4v) is 1.41. The molecule has 2 heterocycles. The van der Waals surface area contributed by atoms with E-state index in [1.807, 2.05) is 0 Å². The lowest BCUT2D eigenvalue weighted by atomic mass is 10.1. The van der Waals surface area contributed by atoms with Gasteiger partial charge in [-0.1, -0.05) is 0 Å². The van der Waals surface area contributed by atoms with Gasteiger partial charge in [-0.05, 0) is 13.0 Å². The number of hydrogen-bond donors (Lipinski definition) is 1. The third-order valence-corrected chi connectivity index (χ3v) is 1.97. The van der Waals surface area contributed by atoms with Gasteiger partial charge in [0.1, 0.15) is 0 Å². The zero-order chi connectivity index (χ0) is 10.3. The Morgan fingerprint density at radius 2 is 2.29 bits per heavy atom. The maximum atomic E-state index is 10.9. The average molecular weight is 191 g/mol. The van der Waals surface area contributed by atoms with Gasteiger partial charge in [-0.15, -0.1) is 0 Å². The number of carboxylic acids is 1. The first-order valence-electron chi connectivity index (χ1n) is 4.12. The molecule has 0 atom stereocenters. The highest BCUT2D eigenvalue weighted by molar-refractivity contribution is 6.01. The minimum atomic E-state index is -0.950. The maximum absolute atomic E-state index is 10.9. The normalized spacial score (nSPS) is 10.7. The van der Waals surface area contributed by atoms with Crippen LogP contribution < -0.4 is 0 Å². The topological polar surface area (TPSA) is 68.0 Å². The van der Waals surface area contributed by atoms with Crippen molar-refractivity contribution in [2.45, 2.75) is 6.92 Å². The number of fused-ring (bicyclic) bond motifs is 1. The van der Waals surface area contributed by atoms with Crippen molar-refractivity contribution in [1.82, 2.24) is 14.8 Å². The molecule has 0 amide bonds. The number of aromatic carboxylic acids is 1. The molecule has 0 spiro atoms. The highest BCUT2D eigenvalue weighted by atomic mass is 16.4. The van der Waals surface area contributed by atoms with E-state index in [0.717, 1.165) is 0 Å². The van der Waals surface area contributed by atoms with E-state index in [4.69, 9.17) is 5.11 Å².